The molecule has 1 aromatic carbocycles. The van der Waals surface area contributed by atoms with Crippen molar-refractivity contribution >= 4 is 45.6 Å². The molecule has 0 fully saturated rings. The smallest absolute Gasteiger partial charge is 0.283 e. The summed E-state index contributed by atoms with van der Waals surface area (Å²) in [6.45, 7) is 2.16. The molecule has 2 heterocycles. The fourth-order valence-electron chi connectivity index (χ4n) is 2.95. The average molecular weight is 441 g/mol. The lowest BCUT2D eigenvalue weighted by atomic mass is 10.0. The summed E-state index contributed by atoms with van der Waals surface area (Å²) in [6.07, 6.45) is 6.72. The van der Waals surface area contributed by atoms with E-state index >= 15 is 0 Å². The van der Waals surface area contributed by atoms with Crippen molar-refractivity contribution in [3.8, 4) is 0 Å². The van der Waals surface area contributed by atoms with Crippen LogP contribution in [0.25, 0.3) is 11.0 Å². The number of allylic oxidation sites excluding steroid dienone is 4. The number of carbonyl (C=O) groups is 1. The molecule has 0 saturated heterocycles. The second-order valence-corrected chi connectivity index (χ2v) is 7.97. The number of hydrogen-bond donors (Lipinski definition) is 1. The van der Waals surface area contributed by atoms with Crippen LogP contribution in [-0.2, 0) is 16.0 Å². The van der Waals surface area contributed by atoms with Gasteiger partial charge in [-0.05, 0) is 48.4 Å². The highest BCUT2D eigenvalue weighted by Crippen LogP contribution is 2.23. The summed E-state index contributed by atoms with van der Waals surface area (Å²) < 4.78 is 6.80. The van der Waals surface area contributed by atoms with Crippen LogP contribution in [0.5, 0.6) is 0 Å². The molecule has 4 rings (SSSR count). The van der Waals surface area contributed by atoms with Gasteiger partial charge in [-0.3, -0.25) is 9.59 Å². The van der Waals surface area contributed by atoms with Crippen LogP contribution in [-0.4, -0.2) is 27.0 Å². The summed E-state index contributed by atoms with van der Waals surface area (Å²) in [4.78, 5) is 29.0. The standard InChI is InChI=1S/C21H17ClN4O3S/c1-2-29-17-10-13(5-8-16(17)27)9-15-19(23)26-21(24-20(15)28)30-18(25-26)11-12-3-6-14(22)7-4-12/h3-10H,2,11,23H2,1H3. The quantitative estimate of drug-likeness (QED) is 0.652. The van der Waals surface area contributed by atoms with Crippen molar-refractivity contribution in [3.63, 3.8) is 0 Å². The van der Waals surface area contributed by atoms with Gasteiger partial charge >= 0.3 is 0 Å². The van der Waals surface area contributed by atoms with Gasteiger partial charge < -0.3 is 10.5 Å². The topological polar surface area (TPSA) is 99.6 Å². The molecule has 1 aliphatic rings. The van der Waals surface area contributed by atoms with Crippen LogP contribution in [0.15, 0.2) is 58.6 Å². The maximum Gasteiger partial charge on any atom is 0.283 e. The minimum absolute atomic E-state index is 0.188. The summed E-state index contributed by atoms with van der Waals surface area (Å²) in [6, 6.07) is 7.47. The maximum absolute atomic E-state index is 12.6. The molecular formula is C21H17ClN4O3S. The van der Waals surface area contributed by atoms with E-state index in [9.17, 15) is 9.59 Å². The number of aromatic nitrogens is 3. The number of halogens is 1. The van der Waals surface area contributed by atoms with E-state index in [0.717, 1.165) is 10.6 Å². The van der Waals surface area contributed by atoms with Gasteiger partial charge in [0.1, 0.15) is 10.8 Å². The largest absolute Gasteiger partial charge is 0.490 e. The first-order chi connectivity index (χ1) is 14.4. The highest BCUT2D eigenvalue weighted by Gasteiger charge is 2.16. The average Bonchev–Trinajstić information content (AvgIpc) is 3.12. The van der Waals surface area contributed by atoms with E-state index in [1.807, 2.05) is 24.3 Å². The van der Waals surface area contributed by atoms with Crippen LogP contribution in [0.1, 0.15) is 23.1 Å². The molecule has 2 N–H and O–H groups in total. The Morgan fingerprint density at radius 1 is 1.23 bits per heavy atom. The molecule has 3 aromatic rings. The minimum Gasteiger partial charge on any atom is -0.490 e. The molecule has 0 bridgehead atoms. The first-order valence-corrected chi connectivity index (χ1v) is 10.4. The van der Waals surface area contributed by atoms with Crippen molar-refractivity contribution in [1.29, 1.82) is 0 Å². The van der Waals surface area contributed by atoms with Gasteiger partial charge in [0.15, 0.2) is 5.76 Å². The number of carbonyl (C=O) groups excluding carboxylic acids is 1. The Hall–Kier alpha value is -3.23. The SMILES string of the molecule is CCOC1=CC(=Cc2c(N)n3nc(Cc4ccc(Cl)cc4)sc3nc2=O)C=CC1=O. The van der Waals surface area contributed by atoms with Crippen molar-refractivity contribution in [2.75, 3.05) is 12.3 Å². The molecule has 2 aromatic heterocycles. The molecule has 1 aliphatic carbocycles. The Morgan fingerprint density at radius 2 is 2.00 bits per heavy atom. The zero-order valence-corrected chi connectivity index (χ0v) is 17.5. The lowest BCUT2D eigenvalue weighted by Crippen LogP contribution is -2.17. The van der Waals surface area contributed by atoms with E-state index in [-0.39, 0.29) is 22.9 Å². The van der Waals surface area contributed by atoms with Gasteiger partial charge in [-0.1, -0.05) is 41.1 Å². The number of benzene rings is 1. The number of rotatable bonds is 5. The molecule has 0 amide bonds. The van der Waals surface area contributed by atoms with Gasteiger partial charge in [0.05, 0.1) is 12.2 Å². The van der Waals surface area contributed by atoms with Crippen LogP contribution in [0.4, 0.5) is 5.82 Å². The fraction of sp³-hybridized carbons (Fsp3) is 0.143. The number of nitrogens with zero attached hydrogens (tertiary/aromatic N) is 3. The van der Waals surface area contributed by atoms with Crippen molar-refractivity contribution in [3.05, 3.63) is 85.3 Å². The minimum atomic E-state index is -0.460. The first kappa shape index (κ1) is 20.1. The highest BCUT2D eigenvalue weighted by atomic mass is 35.5. The molecule has 0 spiro atoms. The number of nitrogen functional groups attached to an aromatic ring is 1. The van der Waals surface area contributed by atoms with E-state index in [1.54, 1.807) is 25.2 Å². The fourth-order valence-corrected chi connectivity index (χ4v) is 4.01. The van der Waals surface area contributed by atoms with Gasteiger partial charge in [-0.25, -0.2) is 0 Å². The monoisotopic (exact) mass is 440 g/mol. The predicted octanol–water partition coefficient (Wildman–Crippen LogP) is 3.42. The zero-order valence-electron chi connectivity index (χ0n) is 16.0. The number of ketones is 1. The van der Waals surface area contributed by atoms with Gasteiger partial charge in [0, 0.05) is 11.4 Å². The number of hydrogen-bond acceptors (Lipinski definition) is 7. The lowest BCUT2D eigenvalue weighted by molar-refractivity contribution is -0.114. The third kappa shape index (κ3) is 4.05. The number of anilines is 1. The van der Waals surface area contributed by atoms with Crippen LogP contribution >= 0.6 is 22.9 Å². The van der Waals surface area contributed by atoms with Gasteiger partial charge in [0.2, 0.25) is 10.7 Å². The van der Waals surface area contributed by atoms with Gasteiger partial charge in [-0.15, -0.1) is 0 Å². The summed E-state index contributed by atoms with van der Waals surface area (Å²) in [5, 5.41) is 5.95. The molecule has 0 aliphatic heterocycles. The van der Waals surface area contributed by atoms with E-state index in [0.29, 0.717) is 28.6 Å². The van der Waals surface area contributed by atoms with Crippen molar-refractivity contribution in [2.24, 2.45) is 0 Å². The number of nitrogens with two attached hydrogens (primary N) is 1. The van der Waals surface area contributed by atoms with Crippen LogP contribution in [0.3, 0.4) is 0 Å². The summed E-state index contributed by atoms with van der Waals surface area (Å²) in [7, 11) is 0. The molecule has 0 saturated carbocycles. The third-order valence-electron chi connectivity index (χ3n) is 4.38. The first-order valence-electron chi connectivity index (χ1n) is 9.16. The molecule has 0 atom stereocenters. The Bertz CT molecular complexity index is 1290. The molecule has 152 valence electrons. The summed E-state index contributed by atoms with van der Waals surface area (Å²) in [5.74, 6) is 0.184. The maximum atomic E-state index is 12.6. The van der Waals surface area contributed by atoms with Crippen LogP contribution in [0, 0.1) is 0 Å². The normalized spacial score (nSPS) is 15.1. The molecule has 9 heteroatoms. The second-order valence-electron chi connectivity index (χ2n) is 6.49. The molecule has 30 heavy (non-hydrogen) atoms. The van der Waals surface area contributed by atoms with Gasteiger partial charge in [-0.2, -0.15) is 14.6 Å². The Balaban J connectivity index is 1.71. The van der Waals surface area contributed by atoms with E-state index in [1.165, 1.54) is 21.9 Å². The van der Waals surface area contributed by atoms with Gasteiger partial charge in [0.25, 0.3) is 5.56 Å². The number of ether oxygens (including phenoxy) is 1. The summed E-state index contributed by atoms with van der Waals surface area (Å²) >= 11 is 7.23. The van der Waals surface area contributed by atoms with E-state index in [2.05, 4.69) is 10.1 Å². The van der Waals surface area contributed by atoms with E-state index in [4.69, 9.17) is 22.1 Å². The van der Waals surface area contributed by atoms with E-state index < -0.39 is 5.56 Å². The Kier molecular flexibility index (Phi) is 5.52. The molecule has 0 radical (unpaired) electrons. The molecule has 7 nitrogen and oxygen atoms in total. The highest BCUT2D eigenvalue weighted by molar-refractivity contribution is 7.16. The van der Waals surface area contributed by atoms with Crippen LogP contribution in [0.2, 0.25) is 5.02 Å². The second kappa shape index (κ2) is 8.25. The number of fused-ring (bicyclic) bond motifs is 1. The predicted molar refractivity (Wildman–Crippen MR) is 118 cm³/mol. The molecule has 0 unspecified atom stereocenters. The summed E-state index contributed by atoms with van der Waals surface area (Å²) in [5.41, 5.74) is 7.64. The van der Waals surface area contributed by atoms with Crippen molar-refractivity contribution in [1.82, 2.24) is 14.6 Å². The van der Waals surface area contributed by atoms with Crippen molar-refractivity contribution < 1.29 is 9.53 Å². The third-order valence-corrected chi connectivity index (χ3v) is 5.54. The zero-order chi connectivity index (χ0) is 21.3. The lowest BCUT2D eigenvalue weighted by Gasteiger charge is -2.10. The Labute approximate surface area is 180 Å². The molecular weight excluding hydrogens is 424 g/mol. The van der Waals surface area contributed by atoms with Crippen LogP contribution < -0.4 is 11.3 Å². The van der Waals surface area contributed by atoms with Crippen molar-refractivity contribution in [2.45, 2.75) is 13.3 Å². The Morgan fingerprint density at radius 3 is 2.73 bits per heavy atom.